The summed E-state index contributed by atoms with van der Waals surface area (Å²) in [6, 6.07) is 6.87. The number of hydrogen-bond donors (Lipinski definition) is 0. The Morgan fingerprint density at radius 2 is 1.64 bits per heavy atom. The van der Waals surface area contributed by atoms with Crippen LogP contribution in [0.5, 0.6) is 0 Å². The van der Waals surface area contributed by atoms with Gasteiger partial charge in [-0.1, -0.05) is 19.1 Å². The predicted octanol–water partition coefficient (Wildman–Crippen LogP) is 2.81. The summed E-state index contributed by atoms with van der Waals surface area (Å²) in [5, 5.41) is 0. The van der Waals surface area contributed by atoms with Gasteiger partial charge in [0, 0.05) is 39.3 Å². The molecule has 2 saturated heterocycles. The van der Waals surface area contributed by atoms with Crippen LogP contribution >= 0.6 is 0 Å². The Labute approximate surface area is 165 Å². The van der Waals surface area contributed by atoms with E-state index in [-0.39, 0.29) is 11.7 Å². The van der Waals surface area contributed by atoms with E-state index in [2.05, 4.69) is 26.7 Å². The molecule has 0 atom stereocenters. The van der Waals surface area contributed by atoms with Gasteiger partial charge >= 0.3 is 0 Å². The maximum atomic E-state index is 14.0. The molecule has 0 radical (unpaired) electrons. The van der Waals surface area contributed by atoms with Gasteiger partial charge < -0.3 is 14.7 Å². The van der Waals surface area contributed by atoms with E-state index in [1.807, 2.05) is 17.0 Å². The first-order valence-corrected chi connectivity index (χ1v) is 9.97. The monoisotopic (exact) mass is 383 g/mol. The second kappa shape index (κ2) is 8.12. The van der Waals surface area contributed by atoms with Crippen molar-refractivity contribution in [3.05, 3.63) is 48.2 Å². The van der Waals surface area contributed by atoms with E-state index in [0.29, 0.717) is 17.3 Å². The van der Waals surface area contributed by atoms with Crippen molar-refractivity contribution in [3.8, 4) is 0 Å². The van der Waals surface area contributed by atoms with Crippen LogP contribution in [0.3, 0.4) is 0 Å². The van der Waals surface area contributed by atoms with Gasteiger partial charge in [0.2, 0.25) is 0 Å². The molecule has 3 heterocycles. The SMILES string of the molecule is CC1CCN(C(=O)c2cnc(N3CCN(c4ccccc4F)CC3)cn2)CC1. The number of piperidine rings is 1. The second-order valence-electron chi connectivity index (χ2n) is 7.66. The molecule has 1 aromatic heterocycles. The maximum Gasteiger partial charge on any atom is 0.274 e. The third-order valence-electron chi connectivity index (χ3n) is 5.72. The highest BCUT2D eigenvalue weighted by Crippen LogP contribution is 2.22. The number of piperazine rings is 1. The smallest absolute Gasteiger partial charge is 0.274 e. The van der Waals surface area contributed by atoms with Crippen molar-refractivity contribution < 1.29 is 9.18 Å². The number of anilines is 2. The van der Waals surface area contributed by atoms with Gasteiger partial charge in [-0.3, -0.25) is 4.79 Å². The number of hydrogen-bond acceptors (Lipinski definition) is 5. The molecule has 2 aliphatic rings. The fourth-order valence-corrected chi connectivity index (χ4v) is 3.85. The highest BCUT2D eigenvalue weighted by atomic mass is 19.1. The average Bonchev–Trinajstić information content (AvgIpc) is 2.74. The van der Waals surface area contributed by atoms with Crippen molar-refractivity contribution in [1.82, 2.24) is 14.9 Å². The summed E-state index contributed by atoms with van der Waals surface area (Å²) in [4.78, 5) is 27.5. The molecule has 1 amide bonds. The minimum Gasteiger partial charge on any atom is -0.366 e. The third kappa shape index (κ3) is 3.93. The van der Waals surface area contributed by atoms with Crippen LogP contribution in [0.4, 0.5) is 15.9 Å². The quantitative estimate of drug-likeness (QED) is 0.816. The van der Waals surface area contributed by atoms with Crippen molar-refractivity contribution in [2.75, 3.05) is 49.1 Å². The molecule has 6 nitrogen and oxygen atoms in total. The average molecular weight is 383 g/mol. The van der Waals surface area contributed by atoms with Crippen LogP contribution < -0.4 is 9.80 Å². The van der Waals surface area contributed by atoms with Crippen LogP contribution in [-0.2, 0) is 0 Å². The van der Waals surface area contributed by atoms with E-state index in [1.165, 1.54) is 6.07 Å². The number of rotatable bonds is 3. The minimum atomic E-state index is -0.189. The summed E-state index contributed by atoms with van der Waals surface area (Å²) in [6.45, 7) is 6.72. The Morgan fingerprint density at radius 1 is 0.964 bits per heavy atom. The molecule has 4 rings (SSSR count). The molecule has 1 aromatic carbocycles. The number of para-hydroxylation sites is 1. The molecule has 0 aliphatic carbocycles. The molecule has 2 aromatic rings. The standard InChI is InChI=1S/C21H26FN5O/c1-16-6-8-27(9-7-16)21(28)18-14-24-20(15-23-18)26-12-10-25(11-13-26)19-5-3-2-4-17(19)22/h2-5,14-16H,6-13H2,1H3. The molecule has 0 spiro atoms. The highest BCUT2D eigenvalue weighted by Gasteiger charge is 2.24. The molecule has 2 aliphatic heterocycles. The number of aromatic nitrogens is 2. The molecular weight excluding hydrogens is 357 g/mol. The Hall–Kier alpha value is -2.70. The van der Waals surface area contributed by atoms with Crippen molar-refractivity contribution in [2.45, 2.75) is 19.8 Å². The fourth-order valence-electron chi connectivity index (χ4n) is 3.85. The lowest BCUT2D eigenvalue weighted by molar-refractivity contribution is 0.0691. The summed E-state index contributed by atoms with van der Waals surface area (Å²) in [6.07, 6.45) is 5.35. The summed E-state index contributed by atoms with van der Waals surface area (Å²) >= 11 is 0. The first-order chi connectivity index (χ1) is 13.6. The molecule has 28 heavy (non-hydrogen) atoms. The van der Waals surface area contributed by atoms with Crippen LogP contribution in [0.2, 0.25) is 0 Å². The van der Waals surface area contributed by atoms with Crippen molar-refractivity contribution in [3.63, 3.8) is 0 Å². The first kappa shape index (κ1) is 18.7. The summed E-state index contributed by atoms with van der Waals surface area (Å²) in [5.41, 5.74) is 1.05. The van der Waals surface area contributed by atoms with Gasteiger partial charge in [0.15, 0.2) is 0 Å². The predicted molar refractivity (Wildman–Crippen MR) is 107 cm³/mol. The van der Waals surface area contributed by atoms with E-state index in [0.717, 1.165) is 57.9 Å². The number of amides is 1. The van der Waals surface area contributed by atoms with Gasteiger partial charge in [0.25, 0.3) is 5.91 Å². The van der Waals surface area contributed by atoms with E-state index in [4.69, 9.17) is 0 Å². The van der Waals surface area contributed by atoms with E-state index >= 15 is 0 Å². The zero-order valence-electron chi connectivity index (χ0n) is 16.2. The van der Waals surface area contributed by atoms with E-state index in [9.17, 15) is 9.18 Å². The Bertz CT molecular complexity index is 812. The number of benzene rings is 1. The third-order valence-corrected chi connectivity index (χ3v) is 5.72. The van der Waals surface area contributed by atoms with Crippen LogP contribution in [0, 0.1) is 11.7 Å². The van der Waals surface area contributed by atoms with Gasteiger partial charge in [0.1, 0.15) is 17.3 Å². The van der Waals surface area contributed by atoms with Crippen molar-refractivity contribution >= 4 is 17.4 Å². The number of carbonyl (C=O) groups excluding carboxylic acids is 1. The molecule has 0 saturated carbocycles. The van der Waals surface area contributed by atoms with Gasteiger partial charge in [-0.15, -0.1) is 0 Å². The van der Waals surface area contributed by atoms with Gasteiger partial charge in [-0.2, -0.15) is 0 Å². The molecule has 148 valence electrons. The molecule has 0 bridgehead atoms. The lowest BCUT2D eigenvalue weighted by atomic mass is 9.99. The molecular formula is C21H26FN5O. The fraction of sp³-hybridized carbons (Fsp3) is 0.476. The molecule has 7 heteroatoms. The summed E-state index contributed by atoms with van der Waals surface area (Å²) in [7, 11) is 0. The van der Waals surface area contributed by atoms with Gasteiger partial charge in [-0.05, 0) is 30.9 Å². The second-order valence-corrected chi connectivity index (χ2v) is 7.66. The summed E-state index contributed by atoms with van der Waals surface area (Å²) < 4.78 is 14.0. The van der Waals surface area contributed by atoms with Gasteiger partial charge in [0.05, 0.1) is 18.1 Å². The van der Waals surface area contributed by atoms with Crippen LogP contribution in [0.25, 0.3) is 0 Å². The maximum absolute atomic E-state index is 14.0. The normalized spacial score (nSPS) is 18.4. The number of nitrogens with zero attached hydrogens (tertiary/aromatic N) is 5. The lowest BCUT2D eigenvalue weighted by Crippen LogP contribution is -2.47. The largest absolute Gasteiger partial charge is 0.366 e. The molecule has 0 unspecified atom stereocenters. The zero-order valence-corrected chi connectivity index (χ0v) is 16.2. The minimum absolute atomic E-state index is 0.0321. The number of halogens is 1. The first-order valence-electron chi connectivity index (χ1n) is 9.97. The Kier molecular flexibility index (Phi) is 5.41. The number of carbonyl (C=O) groups is 1. The van der Waals surface area contributed by atoms with Crippen LogP contribution in [0.15, 0.2) is 36.7 Å². The Morgan fingerprint density at radius 3 is 2.29 bits per heavy atom. The zero-order chi connectivity index (χ0) is 19.5. The van der Waals surface area contributed by atoms with Crippen molar-refractivity contribution in [1.29, 1.82) is 0 Å². The van der Waals surface area contributed by atoms with Gasteiger partial charge in [-0.25, -0.2) is 14.4 Å². The topological polar surface area (TPSA) is 52.6 Å². The van der Waals surface area contributed by atoms with Crippen molar-refractivity contribution in [2.24, 2.45) is 5.92 Å². The lowest BCUT2D eigenvalue weighted by Gasteiger charge is -2.36. The van der Waals surface area contributed by atoms with Crippen LogP contribution in [-0.4, -0.2) is 60.0 Å². The Balaban J connectivity index is 1.36. The molecule has 2 fully saturated rings. The van der Waals surface area contributed by atoms with Crippen LogP contribution in [0.1, 0.15) is 30.3 Å². The number of likely N-dealkylation sites (tertiary alicyclic amines) is 1. The highest BCUT2D eigenvalue weighted by molar-refractivity contribution is 5.92. The molecule has 0 N–H and O–H groups in total. The van der Waals surface area contributed by atoms with E-state index in [1.54, 1.807) is 18.5 Å². The van der Waals surface area contributed by atoms with E-state index < -0.39 is 0 Å². The summed E-state index contributed by atoms with van der Waals surface area (Å²) in [5.74, 6) is 1.22.